The van der Waals surface area contributed by atoms with E-state index in [1.807, 2.05) is 0 Å². The number of aromatic nitrogens is 5. The molecule has 0 bridgehead atoms. The molecular formula is C21H25N9O7S. The average Bonchev–Trinajstić information content (AvgIpc) is 3.38. The Morgan fingerprint density at radius 2 is 2.03 bits per heavy atom. The molecule has 3 aromatic heterocycles. The molecule has 1 saturated heterocycles. The number of nitrogens with zero attached hydrogens (tertiary/aromatic N) is 6. The van der Waals surface area contributed by atoms with Crippen molar-refractivity contribution in [3.8, 4) is 17.1 Å². The van der Waals surface area contributed by atoms with E-state index in [9.17, 15) is 18.0 Å². The number of ether oxygens (including phenoxy) is 2. The summed E-state index contributed by atoms with van der Waals surface area (Å²) < 4.78 is 41.4. The zero-order chi connectivity index (χ0) is 27.3. The van der Waals surface area contributed by atoms with Crippen LogP contribution < -0.4 is 20.7 Å². The molecule has 17 heteroatoms. The van der Waals surface area contributed by atoms with Crippen LogP contribution in [0.3, 0.4) is 0 Å². The summed E-state index contributed by atoms with van der Waals surface area (Å²) in [5.41, 5.74) is 0.456. The van der Waals surface area contributed by atoms with Crippen molar-refractivity contribution in [3.05, 3.63) is 29.9 Å². The largest absolute Gasteiger partial charge is 0.492 e. The molecule has 0 saturated carbocycles. The van der Waals surface area contributed by atoms with Crippen LogP contribution in [0.5, 0.6) is 5.75 Å². The van der Waals surface area contributed by atoms with E-state index in [0.717, 1.165) is 6.42 Å². The lowest BCUT2D eigenvalue weighted by atomic mass is 10.2. The van der Waals surface area contributed by atoms with Gasteiger partial charge in [0.15, 0.2) is 23.1 Å². The van der Waals surface area contributed by atoms with Crippen molar-refractivity contribution in [1.29, 1.82) is 0 Å². The van der Waals surface area contributed by atoms with Crippen LogP contribution in [-0.2, 0) is 21.3 Å². The van der Waals surface area contributed by atoms with Crippen LogP contribution in [0.1, 0.15) is 29.2 Å². The van der Waals surface area contributed by atoms with E-state index >= 15 is 0 Å². The molecule has 4 rings (SSSR count). The highest BCUT2D eigenvalue weighted by atomic mass is 32.2. The molecule has 3 aromatic rings. The average molecular weight is 548 g/mol. The van der Waals surface area contributed by atoms with E-state index in [-0.39, 0.29) is 52.8 Å². The Kier molecular flexibility index (Phi) is 7.96. The third-order valence-electron chi connectivity index (χ3n) is 5.49. The monoisotopic (exact) mass is 547 g/mol. The van der Waals surface area contributed by atoms with Crippen molar-refractivity contribution in [2.45, 2.75) is 19.4 Å². The van der Waals surface area contributed by atoms with Gasteiger partial charge < -0.3 is 24.6 Å². The third kappa shape index (κ3) is 5.78. The number of nitrogens with one attached hydrogen (secondary N) is 3. The maximum Gasteiger partial charge on any atom is 0.412 e. The van der Waals surface area contributed by atoms with Gasteiger partial charge in [0.2, 0.25) is 21.7 Å². The number of anilines is 3. The maximum absolute atomic E-state index is 12.4. The Labute approximate surface area is 217 Å². The van der Waals surface area contributed by atoms with Gasteiger partial charge in [-0.15, -0.1) is 10.2 Å². The van der Waals surface area contributed by atoms with E-state index in [4.69, 9.17) is 9.26 Å². The van der Waals surface area contributed by atoms with Crippen molar-refractivity contribution in [3.63, 3.8) is 0 Å². The van der Waals surface area contributed by atoms with Crippen molar-refractivity contribution in [2.75, 3.05) is 44.2 Å². The van der Waals surface area contributed by atoms with Crippen molar-refractivity contribution in [1.82, 2.24) is 34.9 Å². The molecule has 0 unspecified atom stereocenters. The summed E-state index contributed by atoms with van der Waals surface area (Å²) in [7, 11) is 0.648. The number of hydrogen-bond acceptors (Lipinski definition) is 13. The van der Waals surface area contributed by atoms with Crippen LogP contribution in [0.4, 0.5) is 22.1 Å². The third-order valence-corrected chi connectivity index (χ3v) is 7.39. The van der Waals surface area contributed by atoms with Gasteiger partial charge >= 0.3 is 6.09 Å². The van der Waals surface area contributed by atoms with Crippen molar-refractivity contribution in [2.24, 2.45) is 0 Å². The highest BCUT2D eigenvalue weighted by Gasteiger charge is 2.28. The van der Waals surface area contributed by atoms with Gasteiger partial charge in [-0.25, -0.2) is 18.2 Å². The fourth-order valence-electron chi connectivity index (χ4n) is 3.63. The summed E-state index contributed by atoms with van der Waals surface area (Å²) >= 11 is 0. The Morgan fingerprint density at radius 3 is 2.74 bits per heavy atom. The normalized spacial score (nSPS) is 14.9. The smallest absolute Gasteiger partial charge is 0.412 e. The summed E-state index contributed by atoms with van der Waals surface area (Å²) in [6.07, 6.45) is 2.05. The minimum atomic E-state index is -3.37. The first kappa shape index (κ1) is 26.7. The summed E-state index contributed by atoms with van der Waals surface area (Å²) in [6, 6.07) is 2.96. The lowest BCUT2D eigenvalue weighted by molar-refractivity contribution is 0.0958. The van der Waals surface area contributed by atoms with Gasteiger partial charge in [0.25, 0.3) is 5.91 Å². The standard InChI is InChI=1S/C21H25N9O7S/c1-22-20(31)16-13(10-14(27-28-16)25-21(32)36-3)24-19-17(35-2)12(6-7-23-19)18-26-15(37-29-18)11-30-8-4-5-9-38(30,33)34/h6-7,10H,4-5,8-9,11H2,1-3H3,(H,22,31)(H2,23,24,25,27,32). The number of pyridine rings is 1. The number of carbonyl (C=O) groups excluding carboxylic acids is 2. The summed E-state index contributed by atoms with van der Waals surface area (Å²) in [5.74, 6) is 0.180. The predicted molar refractivity (Wildman–Crippen MR) is 132 cm³/mol. The minimum absolute atomic E-state index is 0.0117. The van der Waals surface area contributed by atoms with E-state index < -0.39 is 22.0 Å². The number of methoxy groups -OCH3 is 2. The number of carbonyl (C=O) groups is 2. The molecule has 0 spiro atoms. The highest BCUT2D eigenvalue weighted by Crippen LogP contribution is 2.36. The van der Waals surface area contributed by atoms with Crippen LogP contribution in [0.25, 0.3) is 11.4 Å². The first-order chi connectivity index (χ1) is 18.2. The van der Waals surface area contributed by atoms with Gasteiger partial charge in [-0.3, -0.25) is 10.1 Å². The van der Waals surface area contributed by atoms with E-state index in [0.29, 0.717) is 18.5 Å². The van der Waals surface area contributed by atoms with Crippen LogP contribution in [0, 0.1) is 0 Å². The molecule has 0 atom stereocenters. The quantitative estimate of drug-likeness (QED) is 0.362. The fourth-order valence-corrected chi connectivity index (χ4v) is 5.18. The van der Waals surface area contributed by atoms with E-state index in [1.54, 1.807) is 6.07 Å². The Morgan fingerprint density at radius 1 is 1.21 bits per heavy atom. The number of amides is 2. The second-order valence-electron chi connectivity index (χ2n) is 7.92. The molecule has 1 aliphatic rings. The molecule has 2 amide bonds. The summed E-state index contributed by atoms with van der Waals surface area (Å²) in [4.78, 5) is 32.6. The lowest BCUT2D eigenvalue weighted by Gasteiger charge is -2.24. The first-order valence-corrected chi connectivity index (χ1v) is 12.9. The Bertz CT molecular complexity index is 1440. The summed E-state index contributed by atoms with van der Waals surface area (Å²) in [6.45, 7) is 0.342. The molecule has 202 valence electrons. The van der Waals surface area contributed by atoms with Crippen LogP contribution in [-0.4, -0.2) is 83.6 Å². The molecule has 1 fully saturated rings. The molecule has 38 heavy (non-hydrogen) atoms. The first-order valence-electron chi connectivity index (χ1n) is 11.3. The topological polar surface area (TPSA) is 204 Å². The van der Waals surface area contributed by atoms with Gasteiger partial charge in [-0.2, -0.15) is 9.29 Å². The predicted octanol–water partition coefficient (Wildman–Crippen LogP) is 1.14. The second kappa shape index (κ2) is 11.3. The number of sulfonamides is 1. The zero-order valence-corrected chi connectivity index (χ0v) is 21.5. The van der Waals surface area contributed by atoms with E-state index in [2.05, 4.69) is 46.0 Å². The van der Waals surface area contributed by atoms with Gasteiger partial charge in [0.05, 0.1) is 37.8 Å². The zero-order valence-electron chi connectivity index (χ0n) is 20.7. The fraction of sp³-hybridized carbons (Fsp3) is 0.381. The Balaban J connectivity index is 1.65. The highest BCUT2D eigenvalue weighted by molar-refractivity contribution is 7.89. The maximum atomic E-state index is 12.4. The minimum Gasteiger partial charge on any atom is -0.492 e. The molecule has 3 N–H and O–H groups in total. The van der Waals surface area contributed by atoms with Crippen molar-refractivity contribution < 1.29 is 32.0 Å². The van der Waals surface area contributed by atoms with Gasteiger partial charge in [-0.05, 0) is 18.9 Å². The van der Waals surface area contributed by atoms with E-state index in [1.165, 1.54) is 37.8 Å². The molecule has 0 radical (unpaired) electrons. The van der Waals surface area contributed by atoms with Crippen LogP contribution >= 0.6 is 0 Å². The SMILES string of the molecule is CNC(=O)c1nnc(NC(=O)OC)cc1Nc1nccc(-c2noc(CN3CCCCS3(=O)=O)n2)c1OC. The van der Waals surface area contributed by atoms with Gasteiger partial charge in [-0.1, -0.05) is 5.16 Å². The second-order valence-corrected chi connectivity index (χ2v) is 10.0. The molecule has 4 heterocycles. The summed E-state index contributed by atoms with van der Waals surface area (Å²) in [5, 5.41) is 19.5. The van der Waals surface area contributed by atoms with Gasteiger partial charge in [0, 0.05) is 25.9 Å². The Hall–Kier alpha value is -4.38. The number of rotatable bonds is 8. The number of hydrogen-bond donors (Lipinski definition) is 3. The van der Waals surface area contributed by atoms with Gasteiger partial charge in [0.1, 0.15) is 0 Å². The molecule has 0 aliphatic carbocycles. The molecule has 16 nitrogen and oxygen atoms in total. The van der Waals surface area contributed by atoms with Crippen LogP contribution in [0.15, 0.2) is 22.9 Å². The molecule has 1 aliphatic heterocycles. The molecule has 0 aromatic carbocycles. The lowest BCUT2D eigenvalue weighted by Crippen LogP contribution is -2.37. The van der Waals surface area contributed by atoms with Crippen molar-refractivity contribution >= 4 is 39.3 Å². The molecular weight excluding hydrogens is 522 g/mol. The van der Waals surface area contributed by atoms with Crippen LogP contribution in [0.2, 0.25) is 0 Å².